The minimum atomic E-state index is 0.106. The van der Waals surface area contributed by atoms with Gasteiger partial charge in [-0.3, -0.25) is 9.17 Å². The Morgan fingerprint density at radius 2 is 2.50 bits per heavy atom. The Hall–Kier alpha value is -0.610. The van der Waals surface area contributed by atoms with Crippen molar-refractivity contribution in [1.29, 1.82) is 0 Å². The van der Waals surface area contributed by atoms with E-state index in [4.69, 9.17) is 0 Å². The van der Waals surface area contributed by atoms with Gasteiger partial charge in [-0.2, -0.15) is 0 Å². The van der Waals surface area contributed by atoms with Crippen LogP contribution in [0.4, 0.5) is 0 Å². The van der Waals surface area contributed by atoms with E-state index in [1.165, 1.54) is 22.8 Å². The molecule has 2 rings (SSSR count). The number of aromatic nitrogens is 1. The van der Waals surface area contributed by atoms with E-state index in [0.29, 0.717) is 0 Å². The van der Waals surface area contributed by atoms with E-state index >= 15 is 0 Å². The van der Waals surface area contributed by atoms with Gasteiger partial charge in [-0.25, -0.2) is 0 Å². The highest BCUT2D eigenvalue weighted by atomic mass is 32.1. The molecule has 0 bridgehead atoms. The van der Waals surface area contributed by atoms with Gasteiger partial charge in [0.25, 0.3) is 5.56 Å². The molecule has 12 heavy (non-hydrogen) atoms. The SMILES string of the molecule is CNC1CCCc2s[nH]c(=O)c21. The predicted molar refractivity (Wildman–Crippen MR) is 49.7 cm³/mol. The van der Waals surface area contributed by atoms with Gasteiger partial charge in [-0.1, -0.05) is 11.5 Å². The summed E-state index contributed by atoms with van der Waals surface area (Å²) in [5.74, 6) is 0. The topological polar surface area (TPSA) is 44.9 Å². The van der Waals surface area contributed by atoms with Gasteiger partial charge < -0.3 is 5.32 Å². The molecule has 1 aliphatic rings. The summed E-state index contributed by atoms with van der Waals surface area (Å²) < 4.78 is 2.79. The molecule has 1 aromatic heterocycles. The van der Waals surface area contributed by atoms with Gasteiger partial charge in [0.15, 0.2) is 0 Å². The molecule has 1 heterocycles. The molecule has 0 amide bonds. The third kappa shape index (κ3) is 1.11. The van der Waals surface area contributed by atoms with Crippen LogP contribution in [0.25, 0.3) is 0 Å². The van der Waals surface area contributed by atoms with E-state index < -0.39 is 0 Å². The average Bonchev–Trinajstić information content (AvgIpc) is 2.48. The molecule has 66 valence electrons. The van der Waals surface area contributed by atoms with Gasteiger partial charge in [0, 0.05) is 16.5 Å². The van der Waals surface area contributed by atoms with Gasteiger partial charge in [0.1, 0.15) is 0 Å². The van der Waals surface area contributed by atoms with Crippen molar-refractivity contribution in [2.24, 2.45) is 0 Å². The largest absolute Gasteiger partial charge is 0.313 e. The Balaban J connectivity index is 2.48. The number of fused-ring (bicyclic) bond motifs is 1. The fraction of sp³-hybridized carbons (Fsp3) is 0.625. The summed E-state index contributed by atoms with van der Waals surface area (Å²) in [5.41, 5.74) is 1.09. The van der Waals surface area contributed by atoms with Gasteiger partial charge >= 0.3 is 0 Å². The van der Waals surface area contributed by atoms with Gasteiger partial charge in [-0.15, -0.1) is 0 Å². The van der Waals surface area contributed by atoms with Crippen LogP contribution in [0.5, 0.6) is 0 Å². The smallest absolute Gasteiger partial charge is 0.263 e. The summed E-state index contributed by atoms with van der Waals surface area (Å²) in [6.07, 6.45) is 3.34. The molecule has 1 atom stereocenters. The van der Waals surface area contributed by atoms with E-state index in [9.17, 15) is 4.79 Å². The highest BCUT2D eigenvalue weighted by molar-refractivity contribution is 7.05. The minimum absolute atomic E-state index is 0.106. The number of rotatable bonds is 1. The first-order valence-electron chi connectivity index (χ1n) is 4.20. The lowest BCUT2D eigenvalue weighted by Gasteiger charge is -2.19. The summed E-state index contributed by atoms with van der Waals surface area (Å²) in [6.45, 7) is 0. The fourth-order valence-electron chi connectivity index (χ4n) is 1.78. The van der Waals surface area contributed by atoms with Crippen LogP contribution in [-0.2, 0) is 6.42 Å². The molecular formula is C8H12N2OS. The molecular weight excluding hydrogens is 172 g/mol. The maximum absolute atomic E-state index is 11.3. The third-order valence-electron chi connectivity index (χ3n) is 2.41. The zero-order valence-electron chi connectivity index (χ0n) is 7.02. The quantitative estimate of drug-likeness (QED) is 0.684. The van der Waals surface area contributed by atoms with Crippen molar-refractivity contribution >= 4 is 11.5 Å². The first kappa shape index (κ1) is 8.01. The van der Waals surface area contributed by atoms with E-state index in [-0.39, 0.29) is 11.6 Å². The normalized spacial score (nSPS) is 22.2. The highest BCUT2D eigenvalue weighted by Gasteiger charge is 2.23. The maximum Gasteiger partial charge on any atom is 0.263 e. The summed E-state index contributed by atoms with van der Waals surface area (Å²) in [7, 11) is 1.91. The van der Waals surface area contributed by atoms with Crippen molar-refractivity contribution in [3.63, 3.8) is 0 Å². The van der Waals surface area contributed by atoms with Crippen LogP contribution < -0.4 is 10.9 Å². The lowest BCUT2D eigenvalue weighted by Crippen LogP contribution is -2.25. The molecule has 3 nitrogen and oxygen atoms in total. The molecule has 1 aliphatic carbocycles. The molecule has 0 radical (unpaired) electrons. The van der Waals surface area contributed by atoms with Crippen molar-refractivity contribution in [2.45, 2.75) is 25.3 Å². The third-order valence-corrected chi connectivity index (χ3v) is 3.36. The van der Waals surface area contributed by atoms with Crippen molar-refractivity contribution in [2.75, 3.05) is 7.05 Å². The summed E-state index contributed by atoms with van der Waals surface area (Å²) >= 11 is 1.49. The summed E-state index contributed by atoms with van der Waals surface area (Å²) in [4.78, 5) is 12.6. The summed E-state index contributed by atoms with van der Waals surface area (Å²) in [5, 5.41) is 3.17. The van der Waals surface area contributed by atoms with Crippen LogP contribution in [-0.4, -0.2) is 11.4 Å². The number of hydrogen-bond acceptors (Lipinski definition) is 3. The van der Waals surface area contributed by atoms with Gasteiger partial charge in [0.2, 0.25) is 0 Å². The number of nitrogens with one attached hydrogen (secondary N) is 2. The zero-order valence-corrected chi connectivity index (χ0v) is 7.83. The minimum Gasteiger partial charge on any atom is -0.313 e. The van der Waals surface area contributed by atoms with Crippen LogP contribution in [0, 0.1) is 0 Å². The Labute approximate surface area is 75.0 Å². The number of aryl methyl sites for hydroxylation is 1. The molecule has 4 heteroatoms. The van der Waals surface area contributed by atoms with E-state index in [2.05, 4.69) is 9.69 Å². The first-order chi connectivity index (χ1) is 5.83. The Kier molecular flexibility index (Phi) is 2.02. The predicted octanol–water partition coefficient (Wildman–Crippen LogP) is 1.03. The Bertz CT molecular complexity index is 328. The standard InChI is InChI=1S/C8H12N2OS/c1-9-5-3-2-4-6-7(5)8(11)10-12-6/h5,9H,2-4H2,1H3,(H,10,11). The first-order valence-corrected chi connectivity index (χ1v) is 5.02. The maximum atomic E-state index is 11.3. The lowest BCUT2D eigenvalue weighted by molar-refractivity contribution is 0.498. The molecule has 1 unspecified atom stereocenters. The lowest BCUT2D eigenvalue weighted by atomic mass is 9.95. The molecule has 0 fully saturated rings. The Morgan fingerprint density at radius 1 is 1.67 bits per heavy atom. The molecule has 0 spiro atoms. The van der Waals surface area contributed by atoms with Crippen molar-refractivity contribution in [3.8, 4) is 0 Å². The van der Waals surface area contributed by atoms with Crippen LogP contribution in [0.2, 0.25) is 0 Å². The molecule has 0 aromatic carbocycles. The van der Waals surface area contributed by atoms with Crippen molar-refractivity contribution < 1.29 is 0 Å². The molecule has 0 saturated carbocycles. The van der Waals surface area contributed by atoms with Gasteiger partial charge in [0.05, 0.1) is 0 Å². The van der Waals surface area contributed by atoms with E-state index in [1.807, 2.05) is 7.05 Å². The second kappa shape index (κ2) is 3.03. The fourth-order valence-corrected chi connectivity index (χ4v) is 2.70. The van der Waals surface area contributed by atoms with Crippen LogP contribution >= 0.6 is 11.5 Å². The monoisotopic (exact) mass is 184 g/mol. The van der Waals surface area contributed by atoms with E-state index in [0.717, 1.165) is 18.4 Å². The van der Waals surface area contributed by atoms with Crippen LogP contribution in [0.15, 0.2) is 4.79 Å². The number of hydrogen-bond donors (Lipinski definition) is 2. The van der Waals surface area contributed by atoms with E-state index in [1.54, 1.807) is 0 Å². The van der Waals surface area contributed by atoms with Gasteiger partial charge in [-0.05, 0) is 26.3 Å². The zero-order chi connectivity index (χ0) is 8.55. The number of aromatic amines is 1. The van der Waals surface area contributed by atoms with Crippen LogP contribution in [0.3, 0.4) is 0 Å². The van der Waals surface area contributed by atoms with Crippen LogP contribution in [0.1, 0.15) is 29.3 Å². The second-order valence-electron chi connectivity index (χ2n) is 3.10. The molecule has 0 saturated heterocycles. The number of H-pyrrole nitrogens is 1. The molecule has 0 aliphatic heterocycles. The van der Waals surface area contributed by atoms with Crippen molar-refractivity contribution in [1.82, 2.24) is 9.69 Å². The molecule has 1 aromatic rings. The second-order valence-corrected chi connectivity index (χ2v) is 4.00. The summed E-state index contributed by atoms with van der Waals surface area (Å²) in [6, 6.07) is 0.281. The molecule has 2 N–H and O–H groups in total. The highest BCUT2D eigenvalue weighted by Crippen LogP contribution is 2.28. The Morgan fingerprint density at radius 3 is 3.25 bits per heavy atom. The van der Waals surface area contributed by atoms with Crippen molar-refractivity contribution in [3.05, 3.63) is 20.8 Å². The average molecular weight is 184 g/mol.